The summed E-state index contributed by atoms with van der Waals surface area (Å²) >= 11 is 5.35. The van der Waals surface area contributed by atoms with Crippen LogP contribution in [-0.4, -0.2) is 33.2 Å². The number of nitrogens with one attached hydrogen (secondary N) is 2. The van der Waals surface area contributed by atoms with Gasteiger partial charge in [0.1, 0.15) is 11.4 Å². The Kier molecular flexibility index (Phi) is 6.84. The highest BCUT2D eigenvalue weighted by atomic mass is 32.1. The molecule has 2 N–H and O–H groups in total. The summed E-state index contributed by atoms with van der Waals surface area (Å²) in [6.45, 7) is 0.656. The predicted molar refractivity (Wildman–Crippen MR) is 131 cm³/mol. The van der Waals surface area contributed by atoms with Gasteiger partial charge in [-0.3, -0.25) is 15.1 Å². The number of anilines is 1. The summed E-state index contributed by atoms with van der Waals surface area (Å²) < 4.78 is 7.22. The summed E-state index contributed by atoms with van der Waals surface area (Å²) in [6.07, 6.45) is 7.18. The molecule has 7 nitrogen and oxygen atoms in total. The highest BCUT2D eigenvalue weighted by Gasteiger charge is 2.11. The van der Waals surface area contributed by atoms with Crippen molar-refractivity contribution < 1.29 is 4.74 Å². The molecule has 0 fully saturated rings. The van der Waals surface area contributed by atoms with Crippen LogP contribution in [0.3, 0.4) is 0 Å². The standard InChI is InChI=1S/C24H22N6OS/c1-31-22-12-6-5-11-21(22)27-24(32)28-26-15-20-17-30(16-18-8-3-2-4-9-18)29-23(20)19-10-7-13-25-14-19/h2-15,17H,16H2,1H3,(H2,27,28,32)/b26-15+. The molecule has 0 aliphatic rings. The van der Waals surface area contributed by atoms with E-state index < -0.39 is 0 Å². The molecule has 4 aromatic rings. The van der Waals surface area contributed by atoms with Gasteiger partial charge in [-0.1, -0.05) is 42.5 Å². The van der Waals surface area contributed by atoms with E-state index in [1.54, 1.807) is 25.7 Å². The topological polar surface area (TPSA) is 76.4 Å². The summed E-state index contributed by atoms with van der Waals surface area (Å²) in [5, 5.41) is 12.5. The molecule has 4 rings (SSSR count). The van der Waals surface area contributed by atoms with Crippen molar-refractivity contribution in [2.45, 2.75) is 6.54 Å². The number of rotatable bonds is 7. The second-order valence-corrected chi connectivity index (χ2v) is 7.29. The van der Waals surface area contributed by atoms with Gasteiger partial charge >= 0.3 is 0 Å². The summed E-state index contributed by atoms with van der Waals surface area (Å²) in [7, 11) is 1.61. The fourth-order valence-electron chi connectivity index (χ4n) is 3.17. The lowest BCUT2D eigenvalue weighted by Crippen LogP contribution is -2.24. The number of methoxy groups -OCH3 is 1. The van der Waals surface area contributed by atoms with Crippen molar-refractivity contribution in [3.63, 3.8) is 0 Å². The Morgan fingerprint density at radius 3 is 2.69 bits per heavy atom. The summed E-state index contributed by atoms with van der Waals surface area (Å²) in [5.41, 5.74) is 7.33. The fraction of sp³-hybridized carbons (Fsp3) is 0.0833. The van der Waals surface area contributed by atoms with E-state index in [9.17, 15) is 0 Å². The first-order valence-electron chi connectivity index (χ1n) is 9.98. The molecule has 8 heteroatoms. The van der Waals surface area contributed by atoms with Crippen molar-refractivity contribution in [3.05, 3.63) is 96.4 Å². The lowest BCUT2D eigenvalue weighted by molar-refractivity contribution is 0.417. The zero-order valence-corrected chi connectivity index (χ0v) is 18.3. The zero-order valence-electron chi connectivity index (χ0n) is 17.5. The monoisotopic (exact) mass is 442 g/mol. The lowest BCUT2D eigenvalue weighted by atomic mass is 10.1. The first-order valence-corrected chi connectivity index (χ1v) is 10.4. The maximum atomic E-state index is 5.35. The van der Waals surface area contributed by atoms with Crippen LogP contribution in [-0.2, 0) is 6.54 Å². The second-order valence-electron chi connectivity index (χ2n) is 6.88. The van der Waals surface area contributed by atoms with Crippen LogP contribution < -0.4 is 15.5 Å². The van der Waals surface area contributed by atoms with Crippen molar-refractivity contribution >= 4 is 29.2 Å². The van der Waals surface area contributed by atoms with Crippen LogP contribution >= 0.6 is 12.2 Å². The molecular formula is C24H22N6OS. The SMILES string of the molecule is COc1ccccc1NC(=S)N/N=C/c1cn(Cc2ccccc2)nc1-c1cccnc1. The Morgan fingerprint density at radius 1 is 1.09 bits per heavy atom. The number of hydrogen-bond acceptors (Lipinski definition) is 5. The van der Waals surface area contributed by atoms with Crippen LogP contribution in [0.15, 0.2) is 90.4 Å². The Balaban J connectivity index is 1.51. The Bertz CT molecular complexity index is 1210. The van der Waals surface area contributed by atoms with Gasteiger partial charge in [0, 0.05) is 29.7 Å². The maximum Gasteiger partial charge on any atom is 0.191 e. The van der Waals surface area contributed by atoms with E-state index in [0.29, 0.717) is 17.4 Å². The highest BCUT2D eigenvalue weighted by molar-refractivity contribution is 7.80. The number of para-hydroxylation sites is 2. The van der Waals surface area contributed by atoms with E-state index in [4.69, 9.17) is 22.1 Å². The van der Waals surface area contributed by atoms with E-state index in [1.807, 2.05) is 65.5 Å². The quantitative estimate of drug-likeness (QED) is 0.252. The molecule has 0 spiro atoms. The van der Waals surface area contributed by atoms with Crippen LogP contribution in [0.25, 0.3) is 11.3 Å². The van der Waals surface area contributed by atoms with Crippen LogP contribution in [0.2, 0.25) is 0 Å². The first kappa shape index (κ1) is 21.2. The molecule has 0 aliphatic heterocycles. The largest absolute Gasteiger partial charge is 0.495 e. The van der Waals surface area contributed by atoms with Crippen LogP contribution in [0.4, 0.5) is 5.69 Å². The van der Waals surface area contributed by atoms with Gasteiger partial charge in [-0.15, -0.1) is 0 Å². The van der Waals surface area contributed by atoms with Crippen LogP contribution in [0.1, 0.15) is 11.1 Å². The molecule has 160 valence electrons. The molecule has 0 amide bonds. The van der Waals surface area contributed by atoms with Gasteiger partial charge < -0.3 is 10.1 Å². The van der Waals surface area contributed by atoms with Gasteiger partial charge in [0.15, 0.2) is 5.11 Å². The minimum absolute atomic E-state index is 0.352. The number of benzene rings is 2. The zero-order chi connectivity index (χ0) is 22.2. The number of pyridine rings is 1. The van der Waals surface area contributed by atoms with Gasteiger partial charge in [-0.2, -0.15) is 10.2 Å². The summed E-state index contributed by atoms with van der Waals surface area (Å²) in [4.78, 5) is 4.22. The molecular weight excluding hydrogens is 420 g/mol. The molecule has 2 aromatic carbocycles. The minimum atomic E-state index is 0.352. The van der Waals surface area contributed by atoms with E-state index >= 15 is 0 Å². The Labute approximate surface area is 191 Å². The number of ether oxygens (including phenoxy) is 1. The third-order valence-electron chi connectivity index (χ3n) is 4.64. The lowest BCUT2D eigenvalue weighted by Gasteiger charge is -2.10. The molecule has 0 aliphatic carbocycles. The maximum absolute atomic E-state index is 5.35. The minimum Gasteiger partial charge on any atom is -0.495 e. The number of hydrazone groups is 1. The smallest absolute Gasteiger partial charge is 0.191 e. The normalized spacial score (nSPS) is 10.8. The van der Waals surface area contributed by atoms with E-state index in [2.05, 4.69) is 33.0 Å². The van der Waals surface area contributed by atoms with Gasteiger partial charge in [-0.05, 0) is 42.0 Å². The van der Waals surface area contributed by atoms with Crippen molar-refractivity contribution in [1.82, 2.24) is 20.2 Å². The summed E-state index contributed by atoms with van der Waals surface area (Å²) in [5.74, 6) is 0.696. The summed E-state index contributed by atoms with van der Waals surface area (Å²) in [6, 6.07) is 21.6. The van der Waals surface area contributed by atoms with Gasteiger partial charge in [0.05, 0.1) is 25.6 Å². The fourth-order valence-corrected chi connectivity index (χ4v) is 3.33. The predicted octanol–water partition coefficient (Wildman–Crippen LogP) is 4.32. The number of nitrogens with zero attached hydrogens (tertiary/aromatic N) is 4. The van der Waals surface area contributed by atoms with Crippen molar-refractivity contribution in [3.8, 4) is 17.0 Å². The second kappa shape index (κ2) is 10.3. The molecule has 0 atom stereocenters. The number of aromatic nitrogens is 3. The van der Waals surface area contributed by atoms with E-state index in [-0.39, 0.29) is 0 Å². The van der Waals surface area contributed by atoms with Gasteiger partial charge in [0.25, 0.3) is 0 Å². The number of thiocarbonyl (C=S) groups is 1. The van der Waals surface area contributed by atoms with E-state index in [0.717, 1.165) is 28.1 Å². The third kappa shape index (κ3) is 5.35. The third-order valence-corrected chi connectivity index (χ3v) is 4.83. The van der Waals surface area contributed by atoms with Crippen molar-refractivity contribution in [2.24, 2.45) is 5.10 Å². The molecule has 0 unspecified atom stereocenters. The van der Waals surface area contributed by atoms with Gasteiger partial charge in [-0.25, -0.2) is 0 Å². The molecule has 2 heterocycles. The van der Waals surface area contributed by atoms with Crippen molar-refractivity contribution in [2.75, 3.05) is 12.4 Å². The van der Waals surface area contributed by atoms with Crippen LogP contribution in [0.5, 0.6) is 5.75 Å². The number of hydrogen-bond donors (Lipinski definition) is 2. The highest BCUT2D eigenvalue weighted by Crippen LogP contribution is 2.23. The average Bonchev–Trinajstić information content (AvgIpc) is 3.23. The molecule has 0 saturated carbocycles. The molecule has 0 saturated heterocycles. The molecule has 0 radical (unpaired) electrons. The van der Waals surface area contributed by atoms with Crippen molar-refractivity contribution in [1.29, 1.82) is 0 Å². The Morgan fingerprint density at radius 2 is 1.91 bits per heavy atom. The first-order chi connectivity index (χ1) is 15.7. The molecule has 2 aromatic heterocycles. The van der Waals surface area contributed by atoms with E-state index in [1.165, 1.54) is 0 Å². The molecule has 32 heavy (non-hydrogen) atoms. The Hall–Kier alpha value is -4.04. The van der Waals surface area contributed by atoms with Gasteiger partial charge in [0.2, 0.25) is 0 Å². The average molecular weight is 443 g/mol. The molecule has 0 bridgehead atoms. The van der Waals surface area contributed by atoms with Crippen LogP contribution in [0, 0.1) is 0 Å².